The summed E-state index contributed by atoms with van der Waals surface area (Å²) < 4.78 is 7.14. The van der Waals surface area contributed by atoms with Gasteiger partial charge in [-0.3, -0.25) is 4.79 Å². The summed E-state index contributed by atoms with van der Waals surface area (Å²) in [6.45, 7) is 7.51. The standard InChI is InChI=1S/C17H24N4O2S/c1-5-12(3)24-17-20-19-15(21(17)6-2)11-18-16(22)13-7-9-14(23-4)10-8-13/h7-10,12H,5-6,11H2,1-4H3,(H,18,22)/t12-/m1/s1. The Kier molecular flexibility index (Phi) is 6.66. The fraction of sp³-hybridized carbons (Fsp3) is 0.471. The van der Waals surface area contributed by atoms with Crippen molar-refractivity contribution in [2.45, 2.75) is 50.7 Å². The second kappa shape index (κ2) is 8.73. The van der Waals surface area contributed by atoms with Crippen molar-refractivity contribution >= 4 is 17.7 Å². The second-order valence-electron chi connectivity index (χ2n) is 5.39. The predicted molar refractivity (Wildman–Crippen MR) is 95.5 cm³/mol. The molecule has 0 aliphatic heterocycles. The number of ether oxygens (including phenoxy) is 1. The van der Waals surface area contributed by atoms with E-state index in [0.29, 0.717) is 17.4 Å². The highest BCUT2D eigenvalue weighted by molar-refractivity contribution is 7.99. The molecule has 0 fully saturated rings. The lowest BCUT2D eigenvalue weighted by Crippen LogP contribution is -2.24. The number of hydrogen-bond donors (Lipinski definition) is 1. The van der Waals surface area contributed by atoms with E-state index >= 15 is 0 Å². The Hall–Kier alpha value is -2.02. The van der Waals surface area contributed by atoms with Crippen LogP contribution in [0.2, 0.25) is 0 Å². The van der Waals surface area contributed by atoms with Crippen LogP contribution in [0.1, 0.15) is 43.4 Å². The Morgan fingerprint density at radius 1 is 1.29 bits per heavy atom. The molecule has 1 aromatic heterocycles. The van der Waals surface area contributed by atoms with E-state index < -0.39 is 0 Å². The minimum absolute atomic E-state index is 0.139. The molecule has 0 aliphatic rings. The van der Waals surface area contributed by atoms with Gasteiger partial charge in [0.1, 0.15) is 5.75 Å². The summed E-state index contributed by atoms with van der Waals surface area (Å²) in [5.74, 6) is 1.36. The summed E-state index contributed by atoms with van der Waals surface area (Å²) in [7, 11) is 1.60. The van der Waals surface area contributed by atoms with Crippen molar-refractivity contribution in [3.05, 3.63) is 35.7 Å². The maximum atomic E-state index is 12.2. The highest BCUT2D eigenvalue weighted by Crippen LogP contribution is 2.24. The average molecular weight is 348 g/mol. The van der Waals surface area contributed by atoms with E-state index in [2.05, 4.69) is 36.3 Å². The summed E-state index contributed by atoms with van der Waals surface area (Å²) in [6, 6.07) is 7.01. The molecule has 1 amide bonds. The van der Waals surface area contributed by atoms with E-state index in [1.165, 1.54) is 0 Å². The van der Waals surface area contributed by atoms with Crippen molar-refractivity contribution in [3.8, 4) is 5.75 Å². The van der Waals surface area contributed by atoms with E-state index in [-0.39, 0.29) is 5.91 Å². The maximum Gasteiger partial charge on any atom is 0.251 e. The van der Waals surface area contributed by atoms with Gasteiger partial charge in [0, 0.05) is 17.4 Å². The molecule has 0 aliphatic carbocycles. The number of thioether (sulfide) groups is 1. The fourth-order valence-electron chi connectivity index (χ4n) is 2.12. The van der Waals surface area contributed by atoms with Crippen molar-refractivity contribution < 1.29 is 9.53 Å². The summed E-state index contributed by atoms with van der Waals surface area (Å²) in [6.07, 6.45) is 1.07. The van der Waals surface area contributed by atoms with Crippen LogP contribution in [0.25, 0.3) is 0 Å². The second-order valence-corrected chi connectivity index (χ2v) is 6.80. The number of nitrogens with one attached hydrogen (secondary N) is 1. The number of methoxy groups -OCH3 is 1. The number of hydrogen-bond acceptors (Lipinski definition) is 5. The van der Waals surface area contributed by atoms with Crippen LogP contribution in [-0.2, 0) is 13.1 Å². The van der Waals surface area contributed by atoms with E-state index in [0.717, 1.165) is 29.7 Å². The smallest absolute Gasteiger partial charge is 0.251 e. The number of carbonyl (C=O) groups excluding carboxylic acids is 1. The number of aromatic nitrogens is 3. The predicted octanol–water partition coefficient (Wildman–Crippen LogP) is 3.13. The molecule has 130 valence electrons. The molecular weight excluding hydrogens is 324 g/mol. The highest BCUT2D eigenvalue weighted by Gasteiger charge is 2.15. The number of amides is 1. The lowest BCUT2D eigenvalue weighted by atomic mass is 10.2. The molecule has 24 heavy (non-hydrogen) atoms. The number of nitrogens with zero attached hydrogens (tertiary/aromatic N) is 3. The number of rotatable bonds is 8. The van der Waals surface area contributed by atoms with Gasteiger partial charge in [-0.05, 0) is 37.6 Å². The van der Waals surface area contributed by atoms with Gasteiger partial charge in [0.2, 0.25) is 0 Å². The fourth-order valence-corrected chi connectivity index (χ4v) is 3.10. The zero-order chi connectivity index (χ0) is 17.5. The molecule has 2 aromatic rings. The van der Waals surface area contributed by atoms with E-state index in [1.807, 2.05) is 4.57 Å². The monoisotopic (exact) mass is 348 g/mol. The van der Waals surface area contributed by atoms with Gasteiger partial charge < -0.3 is 14.6 Å². The third-order valence-corrected chi connectivity index (χ3v) is 5.00. The first-order chi connectivity index (χ1) is 11.6. The lowest BCUT2D eigenvalue weighted by molar-refractivity contribution is 0.0949. The van der Waals surface area contributed by atoms with Crippen LogP contribution >= 0.6 is 11.8 Å². The largest absolute Gasteiger partial charge is 0.497 e. The van der Waals surface area contributed by atoms with E-state index in [4.69, 9.17) is 4.74 Å². The average Bonchev–Trinajstić information content (AvgIpc) is 3.00. The van der Waals surface area contributed by atoms with E-state index in [1.54, 1.807) is 43.1 Å². The van der Waals surface area contributed by atoms with Crippen LogP contribution < -0.4 is 10.1 Å². The molecule has 0 saturated carbocycles. The van der Waals surface area contributed by atoms with Crippen LogP contribution in [0.4, 0.5) is 0 Å². The molecule has 2 rings (SSSR count). The molecule has 0 saturated heterocycles. The number of benzene rings is 1. The Morgan fingerprint density at radius 3 is 2.58 bits per heavy atom. The highest BCUT2D eigenvalue weighted by atomic mass is 32.2. The summed E-state index contributed by atoms with van der Waals surface area (Å²) >= 11 is 1.71. The quantitative estimate of drug-likeness (QED) is 0.742. The summed E-state index contributed by atoms with van der Waals surface area (Å²) in [4.78, 5) is 12.2. The SMILES string of the molecule is CC[C@@H](C)Sc1nnc(CNC(=O)c2ccc(OC)cc2)n1CC. The lowest BCUT2D eigenvalue weighted by Gasteiger charge is -2.11. The molecule has 0 spiro atoms. The first-order valence-corrected chi connectivity index (χ1v) is 8.97. The zero-order valence-corrected chi connectivity index (χ0v) is 15.4. The van der Waals surface area contributed by atoms with Crippen molar-refractivity contribution in [2.24, 2.45) is 0 Å². The van der Waals surface area contributed by atoms with E-state index in [9.17, 15) is 4.79 Å². The van der Waals surface area contributed by atoms with Gasteiger partial charge in [0.05, 0.1) is 13.7 Å². The molecule has 0 radical (unpaired) electrons. The summed E-state index contributed by atoms with van der Waals surface area (Å²) in [5, 5.41) is 12.8. The van der Waals surface area contributed by atoms with Gasteiger partial charge in [-0.2, -0.15) is 0 Å². The van der Waals surface area contributed by atoms with Crippen LogP contribution in [0, 0.1) is 0 Å². The van der Waals surface area contributed by atoms with Gasteiger partial charge >= 0.3 is 0 Å². The molecule has 1 N–H and O–H groups in total. The minimum atomic E-state index is -0.139. The Balaban J connectivity index is 2.01. The summed E-state index contributed by atoms with van der Waals surface area (Å²) in [5.41, 5.74) is 0.590. The Bertz CT molecular complexity index is 670. The zero-order valence-electron chi connectivity index (χ0n) is 14.6. The third-order valence-electron chi connectivity index (χ3n) is 3.75. The van der Waals surface area contributed by atoms with Gasteiger partial charge in [-0.1, -0.05) is 25.6 Å². The molecule has 1 aromatic carbocycles. The molecule has 1 atom stereocenters. The number of carbonyl (C=O) groups is 1. The van der Waals surface area contributed by atoms with Crippen LogP contribution in [0.5, 0.6) is 5.75 Å². The molecular formula is C17H24N4O2S. The van der Waals surface area contributed by atoms with Crippen LogP contribution in [0.3, 0.4) is 0 Å². The van der Waals surface area contributed by atoms with Crippen LogP contribution in [0.15, 0.2) is 29.4 Å². The van der Waals surface area contributed by atoms with Gasteiger partial charge in [0.25, 0.3) is 5.91 Å². The van der Waals surface area contributed by atoms with Crippen molar-refractivity contribution in [1.82, 2.24) is 20.1 Å². The van der Waals surface area contributed by atoms with Crippen LogP contribution in [-0.4, -0.2) is 33.0 Å². The first-order valence-electron chi connectivity index (χ1n) is 8.10. The Labute approximate surface area is 147 Å². The molecule has 7 heteroatoms. The molecule has 1 heterocycles. The van der Waals surface area contributed by atoms with Gasteiger partial charge in [-0.25, -0.2) is 0 Å². The van der Waals surface area contributed by atoms with Crippen molar-refractivity contribution in [3.63, 3.8) is 0 Å². The minimum Gasteiger partial charge on any atom is -0.497 e. The van der Waals surface area contributed by atoms with Gasteiger partial charge in [0.15, 0.2) is 11.0 Å². The Morgan fingerprint density at radius 2 is 2.00 bits per heavy atom. The molecule has 0 bridgehead atoms. The topological polar surface area (TPSA) is 69.0 Å². The molecule has 6 nitrogen and oxygen atoms in total. The normalized spacial score (nSPS) is 12.0. The maximum absolute atomic E-state index is 12.2. The third kappa shape index (κ3) is 4.50. The first kappa shape index (κ1) is 18.3. The van der Waals surface area contributed by atoms with Crippen molar-refractivity contribution in [2.75, 3.05) is 7.11 Å². The molecule has 0 unspecified atom stereocenters. The van der Waals surface area contributed by atoms with Crippen molar-refractivity contribution in [1.29, 1.82) is 0 Å². The van der Waals surface area contributed by atoms with Gasteiger partial charge in [-0.15, -0.1) is 10.2 Å².